The number of rotatable bonds is 3. The Morgan fingerprint density at radius 3 is 1.65 bits per heavy atom. The van der Waals surface area contributed by atoms with E-state index in [2.05, 4.69) is 232 Å². The Labute approximate surface area is 379 Å². The van der Waals surface area contributed by atoms with E-state index in [0.717, 1.165) is 0 Å². The van der Waals surface area contributed by atoms with E-state index < -0.39 is 0 Å². The van der Waals surface area contributed by atoms with E-state index in [4.69, 9.17) is 0 Å². The second-order valence-electron chi connectivity index (χ2n) is 21.9. The largest absolute Gasteiger partial charge is 0.311 e. The number of hydrogen-bond donors (Lipinski definition) is 0. The molecule has 0 spiro atoms. The van der Waals surface area contributed by atoms with E-state index in [1.807, 2.05) is 11.3 Å². The second-order valence-corrected chi connectivity index (χ2v) is 23.0. The molecular weight excluding hydrogens is 780 g/mol. The molecule has 3 aliphatic rings. The van der Waals surface area contributed by atoms with Gasteiger partial charge in [0.2, 0.25) is 0 Å². The van der Waals surface area contributed by atoms with Gasteiger partial charge in [-0.15, -0.1) is 11.3 Å². The summed E-state index contributed by atoms with van der Waals surface area (Å²) in [6.45, 7) is 25.7. The summed E-state index contributed by atoms with van der Waals surface area (Å²) in [6, 6.07) is 56.3. The lowest BCUT2D eigenvalue weighted by Crippen LogP contribution is -2.60. The summed E-state index contributed by atoms with van der Waals surface area (Å²) in [5.41, 5.74) is 22.1. The average Bonchev–Trinajstić information content (AvgIpc) is 3.73. The van der Waals surface area contributed by atoms with Gasteiger partial charge in [-0.05, 0) is 132 Å². The first-order valence-electron chi connectivity index (χ1n) is 22.8. The molecule has 11 rings (SSSR count). The van der Waals surface area contributed by atoms with Crippen LogP contribution in [-0.4, -0.2) is 6.71 Å². The van der Waals surface area contributed by atoms with Crippen molar-refractivity contribution in [1.82, 2.24) is 0 Å². The van der Waals surface area contributed by atoms with Gasteiger partial charge in [0.25, 0.3) is 6.71 Å². The van der Waals surface area contributed by atoms with Crippen LogP contribution < -0.4 is 25.5 Å². The highest BCUT2D eigenvalue weighted by molar-refractivity contribution is 7.33. The summed E-state index contributed by atoms with van der Waals surface area (Å²) in [5, 5.41) is 1.33. The molecule has 0 bridgehead atoms. The molecule has 8 aromatic rings. The van der Waals surface area contributed by atoms with Crippen molar-refractivity contribution in [3.63, 3.8) is 0 Å². The zero-order valence-corrected chi connectivity index (χ0v) is 39.6. The van der Waals surface area contributed by atoms with E-state index in [0.29, 0.717) is 0 Å². The Hall–Kier alpha value is -5.84. The Balaban J connectivity index is 1.27. The lowest BCUT2D eigenvalue weighted by molar-refractivity contribution is 0.590. The summed E-state index contributed by atoms with van der Waals surface area (Å²) < 4.78 is 2.76. The molecular formula is C59H57BN2S. The van der Waals surface area contributed by atoms with Gasteiger partial charge in [0.1, 0.15) is 0 Å². The first-order valence-corrected chi connectivity index (χ1v) is 23.6. The van der Waals surface area contributed by atoms with Gasteiger partial charge in [-0.3, -0.25) is 0 Å². The maximum atomic E-state index is 2.64. The fourth-order valence-corrected chi connectivity index (χ4v) is 12.1. The predicted molar refractivity (Wildman–Crippen MR) is 275 cm³/mol. The molecule has 0 N–H and O–H groups in total. The molecule has 312 valence electrons. The second kappa shape index (κ2) is 13.6. The maximum Gasteiger partial charge on any atom is 0.264 e. The summed E-state index contributed by atoms with van der Waals surface area (Å²) >= 11 is 2.01. The summed E-state index contributed by atoms with van der Waals surface area (Å²) in [7, 11) is 0. The quantitative estimate of drug-likeness (QED) is 0.164. The number of benzene rings is 7. The number of thiophene rings is 1. The van der Waals surface area contributed by atoms with Crippen molar-refractivity contribution >= 4 is 78.0 Å². The fourth-order valence-electron chi connectivity index (χ4n) is 10.7. The third kappa shape index (κ3) is 6.11. The minimum Gasteiger partial charge on any atom is -0.311 e. The van der Waals surface area contributed by atoms with Crippen LogP contribution in [0.2, 0.25) is 0 Å². The van der Waals surface area contributed by atoms with Crippen LogP contribution in [0.5, 0.6) is 0 Å². The Morgan fingerprint density at radius 1 is 0.476 bits per heavy atom. The molecule has 0 unspecified atom stereocenters. The SMILES string of the molecule is CC(C)(C)c1ccc(N2c3ccc(C(C)(C)C)cc3B3c4sc5cc6c(cc5c4N(c4ccc(C(C)(C)C)cc4)c4cc(-c5ccccc5)cc2c43)-c2ccccc2C6(C)C)cc1. The molecule has 0 fully saturated rings. The van der Waals surface area contributed by atoms with Crippen LogP contribution in [0.25, 0.3) is 32.3 Å². The highest BCUT2D eigenvalue weighted by Crippen LogP contribution is 2.54. The molecule has 0 saturated carbocycles. The highest BCUT2D eigenvalue weighted by atomic mass is 32.1. The van der Waals surface area contributed by atoms with Crippen LogP contribution in [0.3, 0.4) is 0 Å². The summed E-state index contributed by atoms with van der Waals surface area (Å²) in [6.07, 6.45) is 0. The lowest BCUT2D eigenvalue weighted by atomic mass is 9.36. The van der Waals surface area contributed by atoms with Gasteiger partial charge in [-0.25, -0.2) is 0 Å². The van der Waals surface area contributed by atoms with Crippen LogP contribution in [0, 0.1) is 0 Å². The lowest BCUT2D eigenvalue weighted by Gasteiger charge is -2.44. The smallest absolute Gasteiger partial charge is 0.264 e. The van der Waals surface area contributed by atoms with Gasteiger partial charge >= 0.3 is 0 Å². The van der Waals surface area contributed by atoms with Gasteiger partial charge in [-0.2, -0.15) is 0 Å². The van der Waals surface area contributed by atoms with E-state index in [9.17, 15) is 0 Å². The maximum absolute atomic E-state index is 2.64. The topological polar surface area (TPSA) is 6.48 Å². The molecule has 0 amide bonds. The summed E-state index contributed by atoms with van der Waals surface area (Å²) in [5.74, 6) is 0. The molecule has 3 heterocycles. The normalized spacial score (nSPS) is 14.9. The predicted octanol–water partition coefficient (Wildman–Crippen LogP) is 14.8. The molecule has 1 aliphatic carbocycles. The zero-order chi connectivity index (χ0) is 44.0. The van der Waals surface area contributed by atoms with E-state index in [-0.39, 0.29) is 28.4 Å². The standard InChI is InChI=1S/C59H57BN2S/c1-56(2,3)38-21-26-41(27-22-38)61-49-30-25-40(58(7,8)9)33-48(49)60-53-50(61)31-37(36-17-13-12-14-18-36)32-51(53)62(42-28-23-39(24-29-42)57(4,5)6)54-45-34-44-43-19-15-16-20-46(43)59(10,11)47(44)35-52(45)63-55(54)60/h12-35H,1-11H3. The van der Waals surface area contributed by atoms with Gasteiger partial charge in [-0.1, -0.05) is 167 Å². The molecule has 0 atom stereocenters. The van der Waals surface area contributed by atoms with Crippen molar-refractivity contribution in [1.29, 1.82) is 0 Å². The van der Waals surface area contributed by atoms with E-state index in [1.54, 1.807) is 0 Å². The average molecular weight is 837 g/mol. The molecule has 2 aliphatic heterocycles. The molecule has 0 saturated heterocycles. The molecule has 4 heteroatoms. The minimum absolute atomic E-state index is 0.0211. The van der Waals surface area contributed by atoms with Crippen molar-refractivity contribution in [3.05, 3.63) is 173 Å². The first kappa shape index (κ1) is 40.0. The molecule has 0 radical (unpaired) electrons. The number of nitrogens with zero attached hydrogens (tertiary/aromatic N) is 2. The third-order valence-electron chi connectivity index (χ3n) is 14.3. The fraction of sp³-hybridized carbons (Fsp3) is 0.254. The van der Waals surface area contributed by atoms with Crippen LogP contribution in [0.15, 0.2) is 146 Å². The van der Waals surface area contributed by atoms with Crippen LogP contribution in [0.1, 0.15) is 104 Å². The van der Waals surface area contributed by atoms with Crippen LogP contribution in [0.4, 0.5) is 34.1 Å². The van der Waals surface area contributed by atoms with Gasteiger partial charge in [0, 0.05) is 48.7 Å². The molecule has 1 aromatic heterocycles. The number of anilines is 6. The number of fused-ring (bicyclic) bond motifs is 9. The minimum atomic E-state index is -0.0874. The highest BCUT2D eigenvalue weighted by Gasteiger charge is 2.47. The van der Waals surface area contributed by atoms with Crippen molar-refractivity contribution in [3.8, 4) is 22.3 Å². The van der Waals surface area contributed by atoms with Crippen molar-refractivity contribution < 1.29 is 0 Å². The van der Waals surface area contributed by atoms with E-state index >= 15 is 0 Å². The Morgan fingerprint density at radius 2 is 1.03 bits per heavy atom. The van der Waals surface area contributed by atoms with Gasteiger partial charge in [0.05, 0.1) is 5.69 Å². The summed E-state index contributed by atoms with van der Waals surface area (Å²) in [4.78, 5) is 5.21. The Bertz CT molecular complexity index is 3130. The van der Waals surface area contributed by atoms with Gasteiger partial charge < -0.3 is 9.80 Å². The third-order valence-corrected chi connectivity index (χ3v) is 15.5. The van der Waals surface area contributed by atoms with Crippen LogP contribution in [-0.2, 0) is 21.7 Å². The molecule has 7 aromatic carbocycles. The monoisotopic (exact) mass is 836 g/mol. The first-order chi connectivity index (χ1) is 29.9. The molecule has 63 heavy (non-hydrogen) atoms. The Kier molecular flexibility index (Phi) is 8.62. The van der Waals surface area contributed by atoms with Crippen molar-refractivity contribution in [2.45, 2.75) is 97.8 Å². The number of hydrogen-bond acceptors (Lipinski definition) is 3. The van der Waals surface area contributed by atoms with Gasteiger partial charge in [0.15, 0.2) is 0 Å². The molecule has 2 nitrogen and oxygen atoms in total. The van der Waals surface area contributed by atoms with Crippen LogP contribution >= 0.6 is 11.3 Å². The van der Waals surface area contributed by atoms with Crippen molar-refractivity contribution in [2.24, 2.45) is 0 Å². The van der Waals surface area contributed by atoms with E-state index in [1.165, 1.54) is 110 Å². The van der Waals surface area contributed by atoms with Crippen molar-refractivity contribution in [2.75, 3.05) is 9.80 Å². The zero-order valence-electron chi connectivity index (χ0n) is 38.7.